The Morgan fingerprint density at radius 3 is 2.67 bits per heavy atom. The van der Waals surface area contributed by atoms with Gasteiger partial charge >= 0.3 is 0 Å². The van der Waals surface area contributed by atoms with E-state index >= 15 is 0 Å². The molecule has 18 heavy (non-hydrogen) atoms. The van der Waals surface area contributed by atoms with Crippen molar-refractivity contribution in [2.24, 2.45) is 0 Å². The van der Waals surface area contributed by atoms with E-state index in [1.54, 1.807) is 0 Å². The first-order valence-electron chi connectivity index (χ1n) is 7.01. The fourth-order valence-electron chi connectivity index (χ4n) is 2.90. The number of nitrogens with one attached hydrogen (secondary N) is 4. The maximum absolute atomic E-state index is 12.1. The fourth-order valence-corrected chi connectivity index (χ4v) is 2.90. The third-order valence-corrected chi connectivity index (χ3v) is 4.25. The number of hydrazine groups is 2. The minimum atomic E-state index is -0.112. The topological polar surface area (TPSA) is 68.4 Å². The van der Waals surface area contributed by atoms with E-state index in [4.69, 9.17) is 0 Å². The van der Waals surface area contributed by atoms with Crippen molar-refractivity contribution in [1.29, 1.82) is 0 Å². The highest BCUT2D eigenvalue weighted by Crippen LogP contribution is 2.26. The average molecular weight is 253 g/mol. The molecule has 102 valence electrons. The predicted octanol–water partition coefficient (Wildman–Crippen LogP) is -0.901. The third kappa shape index (κ3) is 2.66. The Morgan fingerprint density at radius 1 is 1.22 bits per heavy atom. The van der Waals surface area contributed by atoms with Gasteiger partial charge in [-0.25, -0.2) is 10.4 Å². The van der Waals surface area contributed by atoms with E-state index < -0.39 is 0 Å². The summed E-state index contributed by atoms with van der Waals surface area (Å²) in [7, 11) is 1.99. The summed E-state index contributed by atoms with van der Waals surface area (Å²) in [4.78, 5) is 12.1. The lowest BCUT2D eigenvalue weighted by molar-refractivity contribution is -0.123. The number of hydrogen-bond acceptors (Lipinski definition) is 5. The summed E-state index contributed by atoms with van der Waals surface area (Å²) < 4.78 is 0. The molecular weight excluding hydrogens is 230 g/mol. The molecule has 4 N–H and O–H groups in total. The van der Waals surface area contributed by atoms with Gasteiger partial charge in [0.15, 0.2) is 0 Å². The molecular formula is C12H23N5O. The van der Waals surface area contributed by atoms with Gasteiger partial charge in [-0.05, 0) is 39.2 Å². The van der Waals surface area contributed by atoms with Gasteiger partial charge < -0.3 is 10.6 Å². The maximum atomic E-state index is 12.1. The van der Waals surface area contributed by atoms with Crippen LogP contribution in [0.5, 0.6) is 0 Å². The highest BCUT2D eigenvalue weighted by Gasteiger charge is 2.37. The second-order valence-electron chi connectivity index (χ2n) is 5.70. The molecule has 6 heteroatoms. The minimum absolute atomic E-state index is 0.112. The van der Waals surface area contributed by atoms with Crippen molar-refractivity contribution in [2.45, 2.75) is 56.3 Å². The molecule has 1 aliphatic heterocycles. The highest BCUT2D eigenvalue weighted by molar-refractivity contribution is 5.82. The molecule has 0 radical (unpaired) electrons. The third-order valence-electron chi connectivity index (χ3n) is 4.25. The molecule has 0 bridgehead atoms. The second kappa shape index (κ2) is 5.13. The van der Waals surface area contributed by atoms with E-state index in [1.165, 1.54) is 12.8 Å². The normalized spacial score (nSPS) is 37.1. The van der Waals surface area contributed by atoms with Crippen molar-refractivity contribution in [2.75, 3.05) is 13.6 Å². The van der Waals surface area contributed by atoms with Crippen molar-refractivity contribution in [3.8, 4) is 0 Å². The minimum Gasteiger partial charge on any atom is -0.352 e. The van der Waals surface area contributed by atoms with Crippen LogP contribution in [0.3, 0.4) is 0 Å². The molecule has 0 aromatic carbocycles. The van der Waals surface area contributed by atoms with Crippen molar-refractivity contribution >= 4 is 5.91 Å². The van der Waals surface area contributed by atoms with E-state index in [0.717, 1.165) is 25.8 Å². The summed E-state index contributed by atoms with van der Waals surface area (Å²) in [6, 6.07) is 1.43. The molecule has 0 aromatic rings. The number of rotatable bonds is 4. The first kappa shape index (κ1) is 12.3. The Hall–Kier alpha value is -0.690. The fraction of sp³-hybridized carbons (Fsp3) is 0.917. The zero-order valence-electron chi connectivity index (χ0n) is 10.9. The van der Waals surface area contributed by atoms with Crippen LogP contribution in [0.4, 0.5) is 0 Å². The molecule has 6 nitrogen and oxygen atoms in total. The van der Waals surface area contributed by atoms with Crippen LogP contribution in [0.2, 0.25) is 0 Å². The van der Waals surface area contributed by atoms with E-state index in [0.29, 0.717) is 18.1 Å². The molecule has 3 rings (SSSR count). The highest BCUT2D eigenvalue weighted by atomic mass is 16.2. The quantitative estimate of drug-likeness (QED) is 0.523. The van der Waals surface area contributed by atoms with Crippen LogP contribution in [0.1, 0.15) is 32.1 Å². The molecule has 1 amide bonds. The van der Waals surface area contributed by atoms with Crippen LogP contribution in [0, 0.1) is 0 Å². The van der Waals surface area contributed by atoms with Gasteiger partial charge in [0.2, 0.25) is 5.91 Å². The smallest absolute Gasteiger partial charge is 0.240 e. The van der Waals surface area contributed by atoms with E-state index in [1.807, 2.05) is 7.05 Å². The van der Waals surface area contributed by atoms with Crippen molar-refractivity contribution in [1.82, 2.24) is 26.6 Å². The second-order valence-corrected chi connectivity index (χ2v) is 5.70. The lowest BCUT2D eigenvalue weighted by atomic mass is 10.2. The van der Waals surface area contributed by atoms with Crippen LogP contribution in [-0.2, 0) is 4.79 Å². The molecule has 3 fully saturated rings. The lowest BCUT2D eigenvalue weighted by Gasteiger charge is -2.16. The zero-order valence-corrected chi connectivity index (χ0v) is 10.9. The monoisotopic (exact) mass is 253 g/mol. The SMILES string of the molecule is CNC1CCC(NC(=O)C2CN(C3CC3)NN2)C1. The van der Waals surface area contributed by atoms with E-state index in [9.17, 15) is 4.79 Å². The average Bonchev–Trinajstić information content (AvgIpc) is 2.93. The summed E-state index contributed by atoms with van der Waals surface area (Å²) in [5, 5.41) is 8.58. The van der Waals surface area contributed by atoms with Crippen molar-refractivity contribution in [3.63, 3.8) is 0 Å². The predicted molar refractivity (Wildman–Crippen MR) is 68.4 cm³/mol. The van der Waals surface area contributed by atoms with Crippen LogP contribution >= 0.6 is 0 Å². The molecule has 1 saturated heterocycles. The summed E-state index contributed by atoms with van der Waals surface area (Å²) in [6.45, 7) is 0.776. The first-order valence-corrected chi connectivity index (χ1v) is 7.01. The molecule has 2 aliphatic carbocycles. The summed E-state index contributed by atoms with van der Waals surface area (Å²) in [5.41, 5.74) is 6.18. The van der Waals surface area contributed by atoms with Gasteiger partial charge in [0.1, 0.15) is 6.04 Å². The number of carbonyl (C=O) groups excluding carboxylic acids is 1. The van der Waals surface area contributed by atoms with Crippen LogP contribution in [0.15, 0.2) is 0 Å². The van der Waals surface area contributed by atoms with Gasteiger partial charge in [-0.1, -0.05) is 0 Å². The summed E-state index contributed by atoms with van der Waals surface area (Å²) >= 11 is 0. The van der Waals surface area contributed by atoms with Gasteiger partial charge in [0.25, 0.3) is 0 Å². The van der Waals surface area contributed by atoms with Crippen molar-refractivity contribution in [3.05, 3.63) is 0 Å². The lowest BCUT2D eigenvalue weighted by Crippen LogP contribution is -2.47. The largest absolute Gasteiger partial charge is 0.352 e. The number of nitrogens with zero attached hydrogens (tertiary/aromatic N) is 1. The van der Waals surface area contributed by atoms with Crippen LogP contribution in [-0.4, -0.2) is 48.7 Å². The van der Waals surface area contributed by atoms with Gasteiger partial charge in [0, 0.05) is 24.7 Å². The Kier molecular flexibility index (Phi) is 3.52. The first-order chi connectivity index (χ1) is 8.76. The molecule has 0 spiro atoms. The maximum Gasteiger partial charge on any atom is 0.240 e. The van der Waals surface area contributed by atoms with E-state index in [2.05, 4.69) is 26.6 Å². The number of amides is 1. The van der Waals surface area contributed by atoms with Crippen LogP contribution < -0.4 is 21.6 Å². The molecule has 3 atom stereocenters. The Bertz CT molecular complexity index is 320. The molecule has 2 saturated carbocycles. The Labute approximate surface area is 108 Å². The molecule has 1 heterocycles. The molecule has 3 unspecified atom stereocenters. The Morgan fingerprint density at radius 2 is 2.00 bits per heavy atom. The summed E-state index contributed by atoms with van der Waals surface area (Å²) in [6.07, 6.45) is 5.79. The number of carbonyl (C=O) groups is 1. The van der Waals surface area contributed by atoms with Gasteiger partial charge in [-0.2, -0.15) is 5.53 Å². The van der Waals surface area contributed by atoms with Crippen molar-refractivity contribution < 1.29 is 4.79 Å². The van der Waals surface area contributed by atoms with Gasteiger partial charge in [-0.15, -0.1) is 0 Å². The van der Waals surface area contributed by atoms with E-state index in [-0.39, 0.29) is 11.9 Å². The number of hydrogen-bond donors (Lipinski definition) is 4. The van der Waals surface area contributed by atoms with Crippen LogP contribution in [0.25, 0.3) is 0 Å². The summed E-state index contributed by atoms with van der Waals surface area (Å²) in [5.74, 6) is 0.132. The van der Waals surface area contributed by atoms with Gasteiger partial charge in [0.05, 0.1) is 0 Å². The zero-order chi connectivity index (χ0) is 12.5. The van der Waals surface area contributed by atoms with Gasteiger partial charge in [-0.3, -0.25) is 4.79 Å². The Balaban J connectivity index is 1.44. The standard InChI is InChI=1S/C12H23N5O/c1-13-8-2-3-9(6-8)14-12(18)11-7-17(16-15-11)10-4-5-10/h8-11,13,15-16H,2-7H2,1H3,(H,14,18). The molecule has 0 aromatic heterocycles. The molecule has 3 aliphatic rings.